The topological polar surface area (TPSA) is 86.2 Å². The zero-order chi connectivity index (χ0) is 23.5. The fourth-order valence-electron chi connectivity index (χ4n) is 4.76. The summed E-state index contributed by atoms with van der Waals surface area (Å²) >= 11 is 0. The first-order chi connectivity index (χ1) is 16.0. The molecule has 0 saturated heterocycles. The minimum atomic E-state index is -0.473. The number of carbonyl (C=O) groups excluding carboxylic acids is 2. The van der Waals surface area contributed by atoms with E-state index in [9.17, 15) is 9.59 Å². The minimum Gasteiger partial charge on any atom is -0.495 e. The molecule has 7 heteroatoms. The number of ether oxygens (including phenoxy) is 3. The van der Waals surface area contributed by atoms with Gasteiger partial charge in [0.15, 0.2) is 11.5 Å². The second kappa shape index (κ2) is 9.48. The number of nitrogens with one attached hydrogen (secondary N) is 1. The quantitative estimate of drug-likeness (QED) is 0.702. The van der Waals surface area contributed by atoms with Gasteiger partial charge in [-0.1, -0.05) is 18.2 Å². The molecule has 1 heterocycles. The van der Waals surface area contributed by atoms with E-state index in [1.807, 2.05) is 31.2 Å². The third-order valence-electron chi connectivity index (χ3n) is 6.27. The number of para-hydroxylation sites is 2. The van der Waals surface area contributed by atoms with Crippen LogP contribution in [0.5, 0.6) is 17.2 Å². The lowest BCUT2D eigenvalue weighted by atomic mass is 9.69. The maximum absolute atomic E-state index is 13.6. The average molecular weight is 449 g/mol. The summed E-state index contributed by atoms with van der Waals surface area (Å²) < 4.78 is 16.3. The van der Waals surface area contributed by atoms with Crippen molar-refractivity contribution in [2.75, 3.05) is 26.6 Å². The first-order valence-electron chi connectivity index (χ1n) is 11.0. The second-order valence-corrected chi connectivity index (χ2v) is 8.15. The Morgan fingerprint density at radius 3 is 2.39 bits per heavy atom. The number of aliphatic imine (C=N–C) groups is 1. The van der Waals surface area contributed by atoms with Gasteiger partial charge in [-0.25, -0.2) is 0 Å². The number of hydrogen-bond donors (Lipinski definition) is 1. The number of fused-ring (bicyclic) bond motifs is 1. The molecule has 4 rings (SSSR count). The van der Waals surface area contributed by atoms with Gasteiger partial charge in [-0.3, -0.25) is 14.6 Å². The van der Waals surface area contributed by atoms with Gasteiger partial charge < -0.3 is 19.5 Å². The van der Waals surface area contributed by atoms with E-state index in [1.165, 1.54) is 0 Å². The highest BCUT2D eigenvalue weighted by Crippen LogP contribution is 2.45. The van der Waals surface area contributed by atoms with Crippen molar-refractivity contribution in [1.82, 2.24) is 0 Å². The molecule has 0 unspecified atom stereocenters. The Balaban J connectivity index is 1.82. The van der Waals surface area contributed by atoms with Crippen LogP contribution in [-0.2, 0) is 9.59 Å². The molecule has 1 N–H and O–H groups in total. The third-order valence-corrected chi connectivity index (χ3v) is 6.27. The number of carbonyl (C=O) groups is 2. The molecule has 0 spiro atoms. The van der Waals surface area contributed by atoms with Gasteiger partial charge in [-0.15, -0.1) is 0 Å². The van der Waals surface area contributed by atoms with E-state index < -0.39 is 11.8 Å². The molecule has 0 bridgehead atoms. The van der Waals surface area contributed by atoms with Crippen molar-refractivity contribution >= 4 is 23.1 Å². The van der Waals surface area contributed by atoms with Crippen LogP contribution in [0.2, 0.25) is 0 Å². The Morgan fingerprint density at radius 2 is 1.67 bits per heavy atom. The maximum Gasteiger partial charge on any atom is 0.254 e. The van der Waals surface area contributed by atoms with Crippen LogP contribution in [0.1, 0.15) is 37.7 Å². The molecular weight excluding hydrogens is 420 g/mol. The highest BCUT2D eigenvalue weighted by molar-refractivity contribution is 6.14. The zero-order valence-electron chi connectivity index (χ0n) is 19.3. The number of allylic oxidation sites excluding steroid dienone is 1. The summed E-state index contributed by atoms with van der Waals surface area (Å²) in [5.41, 5.74) is 3.29. The van der Waals surface area contributed by atoms with Gasteiger partial charge in [0, 0.05) is 29.3 Å². The van der Waals surface area contributed by atoms with Gasteiger partial charge in [-0.05, 0) is 49.6 Å². The largest absolute Gasteiger partial charge is 0.495 e. The highest BCUT2D eigenvalue weighted by atomic mass is 16.5. The van der Waals surface area contributed by atoms with Gasteiger partial charge >= 0.3 is 0 Å². The van der Waals surface area contributed by atoms with Gasteiger partial charge in [0.1, 0.15) is 11.5 Å². The number of methoxy groups -OCH3 is 3. The summed E-state index contributed by atoms with van der Waals surface area (Å²) in [7, 11) is 4.70. The third kappa shape index (κ3) is 4.23. The van der Waals surface area contributed by atoms with Gasteiger partial charge in [0.05, 0.1) is 32.9 Å². The molecule has 2 atom stereocenters. The highest BCUT2D eigenvalue weighted by Gasteiger charge is 2.43. The Kier molecular flexibility index (Phi) is 6.49. The summed E-state index contributed by atoms with van der Waals surface area (Å²) in [6.07, 6.45) is 2.01. The Morgan fingerprint density at radius 1 is 0.939 bits per heavy atom. The lowest BCUT2D eigenvalue weighted by Gasteiger charge is -2.36. The van der Waals surface area contributed by atoms with E-state index in [1.54, 1.807) is 39.5 Å². The Bertz CT molecular complexity index is 1150. The summed E-state index contributed by atoms with van der Waals surface area (Å²) in [6, 6.07) is 12.8. The molecule has 0 aromatic heterocycles. The molecule has 1 aliphatic carbocycles. The van der Waals surface area contributed by atoms with E-state index in [-0.39, 0.29) is 11.7 Å². The molecule has 1 amide bonds. The number of anilines is 1. The Labute approximate surface area is 193 Å². The van der Waals surface area contributed by atoms with Crippen molar-refractivity contribution < 1.29 is 23.8 Å². The van der Waals surface area contributed by atoms with Crippen LogP contribution in [0.4, 0.5) is 5.69 Å². The number of ketones is 1. The maximum atomic E-state index is 13.6. The SMILES string of the molecule is COc1ccccc1NC(=O)C1=C(C)N=C2CCCC(=O)[C@H]2[C@H]1c1ccc(OC)c(OC)c1. The molecule has 172 valence electrons. The zero-order valence-corrected chi connectivity index (χ0v) is 19.3. The molecule has 1 saturated carbocycles. The van der Waals surface area contributed by atoms with Crippen LogP contribution in [0.15, 0.2) is 58.7 Å². The number of rotatable bonds is 6. The second-order valence-electron chi connectivity index (χ2n) is 8.15. The first-order valence-corrected chi connectivity index (χ1v) is 11.0. The van der Waals surface area contributed by atoms with Crippen LogP contribution in [0, 0.1) is 5.92 Å². The normalized spacial score (nSPS) is 20.0. The van der Waals surface area contributed by atoms with Gasteiger partial charge in [0.25, 0.3) is 5.91 Å². The number of hydrogen-bond acceptors (Lipinski definition) is 6. The minimum absolute atomic E-state index is 0.106. The monoisotopic (exact) mass is 448 g/mol. The van der Waals surface area contributed by atoms with Gasteiger partial charge in [-0.2, -0.15) is 0 Å². The first kappa shape index (κ1) is 22.6. The molecule has 33 heavy (non-hydrogen) atoms. The molecule has 1 aliphatic heterocycles. The van der Waals surface area contributed by atoms with E-state index in [0.29, 0.717) is 40.6 Å². The molecule has 2 aromatic rings. The fraction of sp³-hybridized carbons (Fsp3) is 0.346. The van der Waals surface area contributed by atoms with Crippen molar-refractivity contribution in [2.24, 2.45) is 10.9 Å². The molecule has 2 aromatic carbocycles. The van der Waals surface area contributed by atoms with Crippen molar-refractivity contribution in [1.29, 1.82) is 0 Å². The average Bonchev–Trinajstić information content (AvgIpc) is 2.83. The van der Waals surface area contributed by atoms with Crippen molar-refractivity contribution in [3.05, 3.63) is 59.3 Å². The molecule has 1 fully saturated rings. The van der Waals surface area contributed by atoms with Crippen LogP contribution in [-0.4, -0.2) is 38.7 Å². The van der Waals surface area contributed by atoms with E-state index in [2.05, 4.69) is 5.32 Å². The number of amides is 1. The van der Waals surface area contributed by atoms with Gasteiger partial charge in [0.2, 0.25) is 0 Å². The smallest absolute Gasteiger partial charge is 0.254 e. The number of benzene rings is 2. The molecule has 7 nitrogen and oxygen atoms in total. The summed E-state index contributed by atoms with van der Waals surface area (Å²) in [6.45, 7) is 1.83. The number of nitrogens with zero attached hydrogens (tertiary/aromatic N) is 1. The molecule has 0 radical (unpaired) electrons. The van der Waals surface area contributed by atoms with Crippen molar-refractivity contribution in [3.8, 4) is 17.2 Å². The lowest BCUT2D eigenvalue weighted by Crippen LogP contribution is -2.39. The lowest BCUT2D eigenvalue weighted by molar-refractivity contribution is -0.122. The molecular formula is C26H28N2O5. The predicted octanol–water partition coefficient (Wildman–Crippen LogP) is 4.53. The summed E-state index contributed by atoms with van der Waals surface area (Å²) in [5, 5.41) is 2.96. The van der Waals surface area contributed by atoms with Crippen LogP contribution < -0.4 is 19.5 Å². The van der Waals surface area contributed by atoms with E-state index in [0.717, 1.165) is 24.1 Å². The van der Waals surface area contributed by atoms with Crippen LogP contribution in [0.3, 0.4) is 0 Å². The van der Waals surface area contributed by atoms with Crippen molar-refractivity contribution in [2.45, 2.75) is 32.1 Å². The summed E-state index contributed by atoms with van der Waals surface area (Å²) in [5.74, 6) is 0.540. The Hall–Kier alpha value is -3.61. The number of Topliss-reactive ketones (excluding diaryl/α,β-unsaturated/α-hetero) is 1. The fourth-order valence-corrected chi connectivity index (χ4v) is 4.76. The summed E-state index contributed by atoms with van der Waals surface area (Å²) in [4.78, 5) is 31.5. The van der Waals surface area contributed by atoms with Crippen molar-refractivity contribution in [3.63, 3.8) is 0 Å². The van der Waals surface area contributed by atoms with E-state index >= 15 is 0 Å². The predicted molar refractivity (Wildman–Crippen MR) is 126 cm³/mol. The standard InChI is InChI=1S/C26H28N2O5/c1-15-23(26(30)28-17-8-5-6-11-20(17)31-2)24(25-18(27-15)9-7-10-19(25)29)16-12-13-21(32-3)22(14-16)33-4/h5-6,8,11-14,24-25H,7,9-10H2,1-4H3,(H,28,30)/t24-,25-/m0/s1. The molecule has 2 aliphatic rings. The van der Waals surface area contributed by atoms with Crippen LogP contribution >= 0.6 is 0 Å². The van der Waals surface area contributed by atoms with E-state index in [4.69, 9.17) is 19.2 Å². The van der Waals surface area contributed by atoms with Crippen LogP contribution in [0.25, 0.3) is 0 Å².